The topological polar surface area (TPSA) is 61.8 Å². The fourth-order valence-electron chi connectivity index (χ4n) is 8.16. The second-order valence-corrected chi connectivity index (χ2v) is 18.2. The maximum atomic E-state index is 12.7. The van der Waals surface area contributed by atoms with Crippen LogP contribution in [-0.2, 0) is 23.8 Å². The van der Waals surface area contributed by atoms with E-state index >= 15 is 0 Å². The van der Waals surface area contributed by atoms with Gasteiger partial charge in [0.15, 0.2) is 6.10 Å². The molecule has 1 unspecified atom stereocenters. The van der Waals surface area contributed by atoms with Crippen molar-refractivity contribution in [3.8, 4) is 0 Å². The molecule has 0 N–H and O–H groups in total. The summed E-state index contributed by atoms with van der Waals surface area (Å²) < 4.78 is 17.4. The minimum absolute atomic E-state index is 0.0968. The zero-order chi connectivity index (χ0) is 42.1. The van der Waals surface area contributed by atoms with Crippen LogP contribution in [0, 0.1) is 0 Å². The molecule has 0 saturated heterocycles. The van der Waals surface area contributed by atoms with Crippen LogP contribution in [0.2, 0.25) is 0 Å². The Kier molecular flexibility index (Phi) is 49.3. The molecule has 0 radical (unpaired) electrons. The molecule has 1 atom stereocenters. The lowest BCUT2D eigenvalue weighted by Crippen LogP contribution is -2.30. The van der Waals surface area contributed by atoms with Crippen LogP contribution in [0.15, 0.2) is 0 Å². The first-order chi connectivity index (χ1) is 28.6. The zero-order valence-electron chi connectivity index (χ0n) is 39.9. The number of esters is 2. The molecule has 0 aliphatic heterocycles. The van der Waals surface area contributed by atoms with E-state index in [1.54, 1.807) is 0 Å². The Balaban J connectivity index is 4.00. The fraction of sp³-hybridized carbons (Fsp3) is 0.962. The van der Waals surface area contributed by atoms with E-state index in [-0.39, 0.29) is 18.5 Å². The van der Waals surface area contributed by atoms with Gasteiger partial charge in [-0.3, -0.25) is 9.59 Å². The summed E-state index contributed by atoms with van der Waals surface area (Å²) in [5.74, 6) is -0.378. The summed E-state index contributed by atoms with van der Waals surface area (Å²) >= 11 is 0. The highest BCUT2D eigenvalue weighted by atomic mass is 16.6. The number of rotatable bonds is 50. The van der Waals surface area contributed by atoms with Gasteiger partial charge in [0.1, 0.15) is 6.61 Å². The van der Waals surface area contributed by atoms with E-state index < -0.39 is 6.10 Å². The second-order valence-electron chi connectivity index (χ2n) is 18.2. The fourth-order valence-corrected chi connectivity index (χ4v) is 8.16. The van der Waals surface area contributed by atoms with E-state index in [4.69, 9.17) is 14.2 Å². The number of hydrogen-bond donors (Lipinski definition) is 0. The Bertz CT molecular complexity index is 799. The van der Waals surface area contributed by atoms with Crippen LogP contribution in [0.4, 0.5) is 0 Å². The summed E-state index contributed by atoms with van der Waals surface area (Å²) in [6, 6.07) is 0. The second kappa shape index (κ2) is 50.3. The number of unbranched alkanes of at least 4 members (excludes halogenated alkanes) is 39. The van der Waals surface area contributed by atoms with Crippen LogP contribution in [0.3, 0.4) is 0 Å². The number of carbonyl (C=O) groups is 2. The molecule has 5 nitrogen and oxygen atoms in total. The van der Waals surface area contributed by atoms with Gasteiger partial charge in [0.05, 0.1) is 6.61 Å². The Morgan fingerprint density at radius 1 is 0.310 bits per heavy atom. The Labute approximate surface area is 363 Å². The molecular weight excluding hydrogens is 717 g/mol. The first-order valence-electron chi connectivity index (χ1n) is 26.6. The molecule has 0 amide bonds. The summed E-state index contributed by atoms with van der Waals surface area (Å²) in [4.78, 5) is 25.2. The molecule has 0 aromatic rings. The van der Waals surface area contributed by atoms with Crippen molar-refractivity contribution in [1.82, 2.24) is 0 Å². The van der Waals surface area contributed by atoms with Gasteiger partial charge in [0.25, 0.3) is 0 Å². The summed E-state index contributed by atoms with van der Waals surface area (Å²) in [7, 11) is 0. The van der Waals surface area contributed by atoms with Crippen LogP contribution in [0.25, 0.3) is 0 Å². The lowest BCUT2D eigenvalue weighted by atomic mass is 10.0. The van der Waals surface area contributed by atoms with Crippen molar-refractivity contribution < 1.29 is 23.8 Å². The van der Waals surface area contributed by atoms with Gasteiger partial charge in [0.2, 0.25) is 0 Å². The van der Waals surface area contributed by atoms with Crippen molar-refractivity contribution in [2.75, 3.05) is 19.8 Å². The third-order valence-corrected chi connectivity index (χ3v) is 12.1. The van der Waals surface area contributed by atoms with Crippen LogP contribution < -0.4 is 0 Å². The lowest BCUT2D eigenvalue weighted by Gasteiger charge is -2.18. The lowest BCUT2D eigenvalue weighted by molar-refractivity contribution is -0.163. The van der Waals surface area contributed by atoms with Gasteiger partial charge in [-0.2, -0.15) is 0 Å². The summed E-state index contributed by atoms with van der Waals surface area (Å²) in [5.41, 5.74) is 0. The predicted octanol–water partition coefficient (Wildman–Crippen LogP) is 17.7. The van der Waals surface area contributed by atoms with Gasteiger partial charge in [0, 0.05) is 19.4 Å². The molecule has 0 aliphatic rings. The molecule has 0 aliphatic carbocycles. The Morgan fingerprint density at radius 3 is 0.879 bits per heavy atom. The third kappa shape index (κ3) is 47.6. The summed E-state index contributed by atoms with van der Waals surface area (Å²) in [5, 5.41) is 0. The average Bonchev–Trinajstić information content (AvgIpc) is 3.22. The van der Waals surface area contributed by atoms with Crippen molar-refractivity contribution in [3.05, 3.63) is 0 Å². The minimum atomic E-state index is -0.521. The minimum Gasteiger partial charge on any atom is -0.462 e. The normalized spacial score (nSPS) is 12.0. The highest BCUT2D eigenvalue weighted by molar-refractivity contribution is 5.70. The number of hydrogen-bond acceptors (Lipinski definition) is 5. The number of carbonyl (C=O) groups excluding carboxylic acids is 2. The molecule has 0 aromatic heterocycles. The molecule has 0 spiro atoms. The molecule has 0 fully saturated rings. The van der Waals surface area contributed by atoms with Crippen molar-refractivity contribution >= 4 is 11.9 Å². The van der Waals surface area contributed by atoms with Crippen molar-refractivity contribution in [3.63, 3.8) is 0 Å². The molecular formula is C53H104O5. The molecule has 0 bridgehead atoms. The molecule has 346 valence electrons. The van der Waals surface area contributed by atoms with Gasteiger partial charge >= 0.3 is 11.9 Å². The van der Waals surface area contributed by atoms with Crippen LogP contribution in [-0.4, -0.2) is 37.9 Å². The zero-order valence-corrected chi connectivity index (χ0v) is 39.9. The van der Waals surface area contributed by atoms with E-state index in [0.717, 1.165) is 32.1 Å². The first kappa shape index (κ1) is 56.9. The Hall–Kier alpha value is -1.10. The molecule has 5 heteroatoms. The molecule has 0 rings (SSSR count). The number of ether oxygens (including phenoxy) is 3. The smallest absolute Gasteiger partial charge is 0.306 e. The quantitative estimate of drug-likeness (QED) is 0.0452. The molecule has 0 heterocycles. The van der Waals surface area contributed by atoms with E-state index in [1.165, 1.54) is 238 Å². The van der Waals surface area contributed by atoms with Crippen LogP contribution in [0.5, 0.6) is 0 Å². The largest absolute Gasteiger partial charge is 0.462 e. The van der Waals surface area contributed by atoms with Crippen LogP contribution in [0.1, 0.15) is 303 Å². The van der Waals surface area contributed by atoms with Gasteiger partial charge in [-0.25, -0.2) is 0 Å². The van der Waals surface area contributed by atoms with E-state index in [2.05, 4.69) is 20.8 Å². The Morgan fingerprint density at radius 2 is 0.569 bits per heavy atom. The van der Waals surface area contributed by atoms with Crippen LogP contribution >= 0.6 is 0 Å². The van der Waals surface area contributed by atoms with Gasteiger partial charge in [-0.15, -0.1) is 0 Å². The summed E-state index contributed by atoms with van der Waals surface area (Å²) in [6.45, 7) is 7.87. The third-order valence-electron chi connectivity index (χ3n) is 12.1. The highest BCUT2D eigenvalue weighted by Gasteiger charge is 2.17. The summed E-state index contributed by atoms with van der Waals surface area (Å²) in [6.07, 6.45) is 55.6. The van der Waals surface area contributed by atoms with Gasteiger partial charge in [-0.1, -0.05) is 271 Å². The van der Waals surface area contributed by atoms with Crippen molar-refractivity contribution in [2.45, 2.75) is 309 Å². The molecule has 58 heavy (non-hydrogen) atoms. The van der Waals surface area contributed by atoms with Gasteiger partial charge < -0.3 is 14.2 Å². The molecule has 0 saturated carbocycles. The molecule has 0 aromatic carbocycles. The highest BCUT2D eigenvalue weighted by Crippen LogP contribution is 2.17. The maximum Gasteiger partial charge on any atom is 0.306 e. The standard InChI is InChI=1S/C53H104O5/c1-4-7-10-13-16-18-20-22-24-25-26-27-28-30-32-34-36-39-42-45-48-56-49-51(58-53(55)47-44-41-37-15-12-9-6-3)50-57-52(54)46-43-40-38-35-33-31-29-23-21-19-17-14-11-8-5-2/h51H,4-50H2,1-3H3. The van der Waals surface area contributed by atoms with Gasteiger partial charge in [-0.05, 0) is 19.3 Å². The first-order valence-corrected chi connectivity index (χ1v) is 26.6. The SMILES string of the molecule is CCCCCCCCCCCCCCCCCCCCCCOCC(COC(=O)CCCCCCCCCCCCCCCCC)OC(=O)CCCCCCCCC. The van der Waals surface area contributed by atoms with E-state index in [9.17, 15) is 9.59 Å². The average molecular weight is 821 g/mol. The van der Waals surface area contributed by atoms with Crippen molar-refractivity contribution in [2.24, 2.45) is 0 Å². The predicted molar refractivity (Wildman–Crippen MR) is 252 cm³/mol. The van der Waals surface area contributed by atoms with E-state index in [0.29, 0.717) is 26.1 Å². The van der Waals surface area contributed by atoms with Crippen molar-refractivity contribution in [1.29, 1.82) is 0 Å². The van der Waals surface area contributed by atoms with E-state index in [1.807, 2.05) is 0 Å². The monoisotopic (exact) mass is 821 g/mol. The maximum absolute atomic E-state index is 12.7.